The van der Waals surface area contributed by atoms with Gasteiger partial charge in [0.25, 0.3) is 0 Å². The molecule has 0 aliphatic heterocycles. The van der Waals surface area contributed by atoms with E-state index in [9.17, 15) is 9.36 Å². The first-order chi connectivity index (χ1) is 8.88. The zero-order valence-corrected chi connectivity index (χ0v) is 14.1. The summed E-state index contributed by atoms with van der Waals surface area (Å²) in [4.78, 5) is 11.5. The third-order valence-electron chi connectivity index (χ3n) is 2.06. The van der Waals surface area contributed by atoms with E-state index in [0.717, 1.165) is 3.57 Å². The highest BCUT2D eigenvalue weighted by Crippen LogP contribution is 2.24. The number of hydrogen-bond donors (Lipinski definition) is 1. The fourth-order valence-electron chi connectivity index (χ4n) is 1.21. The number of ether oxygens (including phenoxy) is 1. The van der Waals surface area contributed by atoms with Gasteiger partial charge < -0.3 is 9.26 Å². The van der Waals surface area contributed by atoms with Crippen LogP contribution in [0, 0.1) is 3.57 Å². The van der Waals surface area contributed by atoms with E-state index in [2.05, 4.69) is 27.7 Å². The van der Waals surface area contributed by atoms with Gasteiger partial charge in [-0.3, -0.25) is 9.36 Å². The number of halogens is 1. The smallest absolute Gasteiger partial charge is 0.323 e. The first-order valence-corrected chi connectivity index (χ1v) is 8.22. The van der Waals surface area contributed by atoms with Gasteiger partial charge in [-0.15, -0.1) is 0 Å². The third-order valence-corrected chi connectivity index (χ3v) is 3.87. The molecule has 7 heteroatoms. The monoisotopic (exact) mass is 397 g/mol. The van der Waals surface area contributed by atoms with E-state index in [4.69, 9.17) is 9.26 Å². The van der Waals surface area contributed by atoms with Gasteiger partial charge in [0.15, 0.2) is 0 Å². The molecule has 19 heavy (non-hydrogen) atoms. The zero-order chi connectivity index (χ0) is 14.4. The quantitative estimate of drug-likeness (QED) is 0.454. The minimum Gasteiger partial charge on any atom is -0.462 e. The van der Waals surface area contributed by atoms with E-state index in [1.165, 1.54) is 0 Å². The number of esters is 1. The molecule has 2 atom stereocenters. The molecule has 0 saturated heterocycles. The Morgan fingerprint density at radius 1 is 1.26 bits per heavy atom. The maximum Gasteiger partial charge on any atom is 0.323 e. The van der Waals surface area contributed by atoms with Crippen molar-refractivity contribution in [3.05, 3.63) is 27.8 Å². The predicted molar refractivity (Wildman–Crippen MR) is 82.6 cm³/mol. The molecular formula is C12H17INO4P. The topological polar surface area (TPSA) is 64.6 Å². The molecule has 0 amide bonds. The summed E-state index contributed by atoms with van der Waals surface area (Å²) in [5, 5.41) is 2.60. The maximum atomic E-state index is 11.7. The summed E-state index contributed by atoms with van der Waals surface area (Å²) in [5.41, 5.74) is 0. The Labute approximate surface area is 127 Å². The Hall–Kier alpha value is -0.590. The first-order valence-electron chi connectivity index (χ1n) is 5.83. The largest absolute Gasteiger partial charge is 0.462 e. The highest BCUT2D eigenvalue weighted by molar-refractivity contribution is 14.1. The number of hydrogen-bond acceptors (Lipinski definition) is 4. The van der Waals surface area contributed by atoms with Gasteiger partial charge in [0.05, 0.1) is 6.10 Å². The summed E-state index contributed by atoms with van der Waals surface area (Å²) in [5.74, 6) is 0.0563. The van der Waals surface area contributed by atoms with Crippen LogP contribution in [0.5, 0.6) is 5.75 Å². The molecule has 0 radical (unpaired) electrons. The number of carbonyl (C=O) groups excluding carboxylic acids is 1. The zero-order valence-electron chi connectivity index (χ0n) is 11.0. The Balaban J connectivity index is 2.46. The van der Waals surface area contributed by atoms with Crippen LogP contribution in [0.1, 0.15) is 20.8 Å². The molecule has 0 spiro atoms. The van der Waals surface area contributed by atoms with Crippen molar-refractivity contribution < 1.29 is 18.6 Å². The van der Waals surface area contributed by atoms with Crippen LogP contribution in [-0.4, -0.2) is 18.1 Å². The van der Waals surface area contributed by atoms with E-state index >= 15 is 0 Å². The van der Waals surface area contributed by atoms with Gasteiger partial charge in [0.2, 0.25) is 0 Å². The molecule has 0 aliphatic rings. The molecule has 0 aromatic heterocycles. The summed E-state index contributed by atoms with van der Waals surface area (Å²) in [6, 6.07) is 6.48. The Morgan fingerprint density at radius 2 is 1.84 bits per heavy atom. The summed E-state index contributed by atoms with van der Waals surface area (Å²) in [6.07, 6.45) is -0.198. The van der Waals surface area contributed by atoms with E-state index in [0.29, 0.717) is 5.75 Å². The van der Waals surface area contributed by atoms with Crippen LogP contribution in [0.25, 0.3) is 0 Å². The minimum absolute atomic E-state index is 0.198. The van der Waals surface area contributed by atoms with Crippen molar-refractivity contribution in [3.63, 3.8) is 0 Å². The number of rotatable bonds is 6. The second-order valence-electron chi connectivity index (χ2n) is 4.20. The van der Waals surface area contributed by atoms with Crippen molar-refractivity contribution in [1.82, 2.24) is 5.09 Å². The fourth-order valence-corrected chi connectivity index (χ4v) is 2.45. The van der Waals surface area contributed by atoms with Crippen molar-refractivity contribution in [2.24, 2.45) is 0 Å². The van der Waals surface area contributed by atoms with Gasteiger partial charge >= 0.3 is 14.1 Å². The highest BCUT2D eigenvalue weighted by atomic mass is 127. The Bertz CT molecular complexity index is 450. The molecule has 1 N–H and O–H groups in total. The lowest BCUT2D eigenvalue weighted by Gasteiger charge is -2.15. The van der Waals surface area contributed by atoms with Crippen molar-refractivity contribution >= 4 is 36.7 Å². The second-order valence-corrected chi connectivity index (χ2v) is 6.51. The van der Waals surface area contributed by atoms with E-state index in [1.807, 2.05) is 12.1 Å². The van der Waals surface area contributed by atoms with Crippen molar-refractivity contribution in [1.29, 1.82) is 0 Å². The van der Waals surface area contributed by atoms with E-state index in [-0.39, 0.29) is 6.10 Å². The van der Waals surface area contributed by atoms with Crippen molar-refractivity contribution in [3.8, 4) is 5.75 Å². The average Bonchev–Trinajstić information content (AvgIpc) is 2.31. The molecule has 1 aromatic carbocycles. The van der Waals surface area contributed by atoms with Gasteiger partial charge in [-0.05, 0) is 67.6 Å². The minimum atomic E-state index is -2.54. The summed E-state index contributed by atoms with van der Waals surface area (Å²) in [6.45, 7) is 5.11. The fraction of sp³-hybridized carbons (Fsp3) is 0.417. The summed E-state index contributed by atoms with van der Waals surface area (Å²) >= 11 is 2.17. The molecule has 0 heterocycles. The molecule has 1 aromatic rings. The Morgan fingerprint density at radius 3 is 2.37 bits per heavy atom. The number of carbonyl (C=O) groups is 1. The van der Waals surface area contributed by atoms with Crippen LogP contribution in [-0.2, 0) is 14.1 Å². The van der Waals surface area contributed by atoms with Crippen LogP contribution < -0.4 is 9.61 Å². The molecular weight excluding hydrogens is 380 g/mol. The van der Waals surface area contributed by atoms with Gasteiger partial charge in [0.1, 0.15) is 11.8 Å². The van der Waals surface area contributed by atoms with Gasteiger partial charge in [-0.25, -0.2) is 5.09 Å². The molecule has 1 rings (SSSR count). The summed E-state index contributed by atoms with van der Waals surface area (Å²) < 4.78 is 23.0. The highest BCUT2D eigenvalue weighted by Gasteiger charge is 2.18. The molecule has 5 nitrogen and oxygen atoms in total. The van der Waals surface area contributed by atoms with E-state index in [1.54, 1.807) is 32.9 Å². The number of nitrogens with one attached hydrogen (secondary N) is 1. The van der Waals surface area contributed by atoms with Crippen LogP contribution in [0.4, 0.5) is 0 Å². The SMILES string of the molecule is CC(C)OC(=O)[C@H](C)N[PH](=O)Oc1ccc(I)cc1. The van der Waals surface area contributed by atoms with Crippen LogP contribution in [0.3, 0.4) is 0 Å². The Kier molecular flexibility index (Phi) is 6.82. The van der Waals surface area contributed by atoms with Gasteiger partial charge in [-0.2, -0.15) is 0 Å². The van der Waals surface area contributed by atoms with Crippen molar-refractivity contribution in [2.45, 2.75) is 32.9 Å². The molecule has 0 aliphatic carbocycles. The van der Waals surface area contributed by atoms with Gasteiger partial charge in [0, 0.05) is 3.57 Å². The molecule has 0 fully saturated rings. The van der Waals surface area contributed by atoms with E-state index < -0.39 is 20.2 Å². The van der Waals surface area contributed by atoms with Crippen LogP contribution in [0.2, 0.25) is 0 Å². The lowest BCUT2D eigenvalue weighted by Crippen LogP contribution is -2.33. The van der Waals surface area contributed by atoms with Gasteiger partial charge in [-0.1, -0.05) is 0 Å². The standard InChI is InChI=1S/C12H17INO4P/c1-8(2)17-12(15)9(3)14-19(16)18-11-6-4-10(13)5-7-11/h4-9,19H,1-3H3,(H,14,16)/t9-/m0/s1. The molecule has 0 bridgehead atoms. The molecule has 106 valence electrons. The number of benzene rings is 1. The first kappa shape index (κ1) is 16.5. The lowest BCUT2D eigenvalue weighted by atomic mass is 10.3. The molecule has 1 unspecified atom stereocenters. The normalized spacial score (nSPS) is 13.9. The predicted octanol–water partition coefficient (Wildman–Crippen LogP) is 2.99. The molecule has 0 saturated carbocycles. The second kappa shape index (κ2) is 7.87. The summed E-state index contributed by atoms with van der Waals surface area (Å²) in [7, 11) is -2.54. The lowest BCUT2D eigenvalue weighted by molar-refractivity contribution is -0.148. The maximum absolute atomic E-state index is 11.7. The van der Waals surface area contributed by atoms with Crippen molar-refractivity contribution in [2.75, 3.05) is 0 Å². The van der Waals surface area contributed by atoms with Crippen LogP contribution >= 0.6 is 30.8 Å². The third kappa shape index (κ3) is 6.40. The van der Waals surface area contributed by atoms with Crippen LogP contribution in [0.15, 0.2) is 24.3 Å². The average molecular weight is 397 g/mol.